The lowest BCUT2D eigenvalue weighted by molar-refractivity contribution is 0.273. The number of benzene rings is 1. The molecular formula is C14H11FN3OS. The summed E-state index contributed by atoms with van der Waals surface area (Å²) >= 11 is 1.51. The van der Waals surface area contributed by atoms with Crippen LogP contribution in [0.1, 0.15) is 0 Å². The SMILES string of the molecule is [CH2]C(Nc1nc2ccccc2s1)Oc1cncc(F)c1. The van der Waals surface area contributed by atoms with E-state index in [0.29, 0.717) is 10.9 Å². The van der Waals surface area contributed by atoms with E-state index in [-0.39, 0.29) is 0 Å². The Morgan fingerprint density at radius 1 is 1.30 bits per heavy atom. The van der Waals surface area contributed by atoms with Gasteiger partial charge in [-0.3, -0.25) is 4.98 Å². The Morgan fingerprint density at radius 2 is 2.15 bits per heavy atom. The second-order valence-corrected chi connectivity index (χ2v) is 5.11. The number of pyridine rings is 1. The Labute approximate surface area is 119 Å². The summed E-state index contributed by atoms with van der Waals surface area (Å²) in [5.74, 6) is -0.131. The van der Waals surface area contributed by atoms with Crippen molar-refractivity contribution in [3.8, 4) is 5.75 Å². The van der Waals surface area contributed by atoms with Gasteiger partial charge in [0.15, 0.2) is 11.4 Å². The Balaban J connectivity index is 1.70. The van der Waals surface area contributed by atoms with Crippen molar-refractivity contribution in [2.45, 2.75) is 6.23 Å². The van der Waals surface area contributed by atoms with E-state index in [2.05, 4.69) is 22.2 Å². The fourth-order valence-electron chi connectivity index (χ4n) is 1.72. The van der Waals surface area contributed by atoms with Gasteiger partial charge in [0.2, 0.25) is 0 Å². The number of anilines is 1. The highest BCUT2D eigenvalue weighted by Crippen LogP contribution is 2.26. The Morgan fingerprint density at radius 3 is 2.95 bits per heavy atom. The third-order valence-electron chi connectivity index (χ3n) is 2.54. The number of hydrogen-bond donors (Lipinski definition) is 1. The molecule has 0 aliphatic rings. The number of thiazole rings is 1. The minimum atomic E-state index is -0.584. The van der Waals surface area contributed by atoms with Crippen LogP contribution in [0.25, 0.3) is 10.2 Å². The first-order chi connectivity index (χ1) is 9.70. The van der Waals surface area contributed by atoms with Crippen molar-refractivity contribution >= 4 is 26.7 Å². The van der Waals surface area contributed by atoms with Gasteiger partial charge in [-0.15, -0.1) is 0 Å². The monoisotopic (exact) mass is 288 g/mol. The Bertz CT molecular complexity index is 698. The molecule has 1 N–H and O–H groups in total. The molecule has 0 fully saturated rings. The number of halogens is 1. The van der Waals surface area contributed by atoms with Gasteiger partial charge < -0.3 is 10.1 Å². The second-order valence-electron chi connectivity index (χ2n) is 4.08. The summed E-state index contributed by atoms with van der Waals surface area (Å²) in [7, 11) is 0. The van der Waals surface area contributed by atoms with E-state index >= 15 is 0 Å². The molecule has 0 spiro atoms. The molecule has 2 heterocycles. The third-order valence-corrected chi connectivity index (χ3v) is 3.50. The van der Waals surface area contributed by atoms with Crippen molar-refractivity contribution in [3.63, 3.8) is 0 Å². The lowest BCUT2D eigenvalue weighted by Crippen LogP contribution is -2.22. The number of hydrogen-bond acceptors (Lipinski definition) is 5. The van der Waals surface area contributed by atoms with E-state index in [1.54, 1.807) is 0 Å². The molecule has 3 rings (SSSR count). The zero-order valence-electron chi connectivity index (χ0n) is 10.4. The van der Waals surface area contributed by atoms with Gasteiger partial charge in [0.05, 0.1) is 22.6 Å². The van der Waals surface area contributed by atoms with Crippen LogP contribution >= 0.6 is 11.3 Å². The van der Waals surface area contributed by atoms with Gasteiger partial charge in [-0.2, -0.15) is 0 Å². The normalized spacial score (nSPS) is 12.3. The lowest BCUT2D eigenvalue weighted by Gasteiger charge is -2.14. The molecule has 1 radical (unpaired) electrons. The maximum absolute atomic E-state index is 13.0. The lowest BCUT2D eigenvalue weighted by atomic mass is 10.3. The average Bonchev–Trinajstić information content (AvgIpc) is 2.80. The zero-order chi connectivity index (χ0) is 13.9. The highest BCUT2D eigenvalue weighted by atomic mass is 32.1. The number of nitrogens with zero attached hydrogens (tertiary/aromatic N) is 2. The molecule has 6 heteroatoms. The molecule has 20 heavy (non-hydrogen) atoms. The molecule has 2 aromatic heterocycles. The van der Waals surface area contributed by atoms with E-state index in [0.717, 1.165) is 16.4 Å². The van der Waals surface area contributed by atoms with Crippen LogP contribution in [0.2, 0.25) is 0 Å². The van der Waals surface area contributed by atoms with E-state index in [1.165, 1.54) is 23.6 Å². The molecule has 0 aliphatic carbocycles. The predicted octanol–water partition coefficient (Wildman–Crippen LogP) is 3.48. The molecule has 0 saturated heterocycles. The van der Waals surface area contributed by atoms with Crippen molar-refractivity contribution in [3.05, 3.63) is 55.5 Å². The van der Waals surface area contributed by atoms with Crippen LogP contribution in [0, 0.1) is 12.7 Å². The summed E-state index contributed by atoms with van der Waals surface area (Å²) in [5, 5.41) is 3.73. The topological polar surface area (TPSA) is 47.0 Å². The predicted molar refractivity (Wildman–Crippen MR) is 77.2 cm³/mol. The Kier molecular flexibility index (Phi) is 3.47. The molecule has 1 unspecified atom stereocenters. The minimum absolute atomic E-state index is 0.318. The number of rotatable bonds is 4. The van der Waals surface area contributed by atoms with Gasteiger partial charge in [-0.05, 0) is 12.1 Å². The van der Waals surface area contributed by atoms with Gasteiger partial charge >= 0.3 is 0 Å². The summed E-state index contributed by atoms with van der Waals surface area (Å²) < 4.78 is 19.5. The maximum atomic E-state index is 13.0. The van der Waals surface area contributed by atoms with E-state index < -0.39 is 12.0 Å². The zero-order valence-corrected chi connectivity index (χ0v) is 11.2. The van der Waals surface area contributed by atoms with Gasteiger partial charge in [-0.1, -0.05) is 23.5 Å². The number of aromatic nitrogens is 2. The molecule has 4 nitrogen and oxygen atoms in total. The van der Waals surface area contributed by atoms with Crippen molar-refractivity contribution in [2.24, 2.45) is 0 Å². The maximum Gasteiger partial charge on any atom is 0.186 e. The molecule has 0 amide bonds. The van der Waals surface area contributed by atoms with Gasteiger partial charge in [-0.25, -0.2) is 9.37 Å². The van der Waals surface area contributed by atoms with E-state index in [9.17, 15) is 4.39 Å². The van der Waals surface area contributed by atoms with Crippen LogP contribution in [0.15, 0.2) is 42.7 Å². The fourth-order valence-corrected chi connectivity index (χ4v) is 2.63. The number of para-hydroxylation sites is 1. The van der Waals surface area contributed by atoms with Gasteiger partial charge in [0.25, 0.3) is 0 Å². The summed E-state index contributed by atoms with van der Waals surface area (Å²) in [6.45, 7) is 3.81. The van der Waals surface area contributed by atoms with Crippen molar-refractivity contribution in [2.75, 3.05) is 5.32 Å². The highest BCUT2D eigenvalue weighted by molar-refractivity contribution is 7.22. The summed E-state index contributed by atoms with van der Waals surface area (Å²) in [6, 6.07) is 9.08. The first kappa shape index (κ1) is 12.8. The van der Waals surface area contributed by atoms with Crippen LogP contribution in [0.4, 0.5) is 9.52 Å². The third kappa shape index (κ3) is 2.85. The first-order valence-electron chi connectivity index (χ1n) is 5.93. The first-order valence-corrected chi connectivity index (χ1v) is 6.75. The molecule has 1 aromatic carbocycles. The molecule has 3 aromatic rings. The summed E-state index contributed by atoms with van der Waals surface area (Å²) in [6.07, 6.45) is 1.96. The Hall–Kier alpha value is -2.21. The molecule has 0 saturated carbocycles. The van der Waals surface area contributed by atoms with E-state index in [4.69, 9.17) is 4.74 Å². The summed E-state index contributed by atoms with van der Waals surface area (Å²) in [5.41, 5.74) is 0.916. The standard InChI is InChI=1S/C14H11FN3OS/c1-9(19-11-6-10(15)7-16-8-11)17-14-18-12-4-2-3-5-13(12)20-14/h2-9H,1H2,(H,17,18). The van der Waals surface area contributed by atoms with Crippen LogP contribution in [0.5, 0.6) is 5.75 Å². The molecule has 1 atom stereocenters. The fraction of sp³-hybridized carbons (Fsp3) is 0.0714. The number of nitrogens with one attached hydrogen (secondary N) is 1. The van der Waals surface area contributed by atoms with Crippen LogP contribution in [-0.4, -0.2) is 16.2 Å². The van der Waals surface area contributed by atoms with Crippen molar-refractivity contribution < 1.29 is 9.13 Å². The molecule has 0 bridgehead atoms. The van der Waals surface area contributed by atoms with Crippen molar-refractivity contribution in [1.29, 1.82) is 0 Å². The smallest absolute Gasteiger partial charge is 0.186 e. The minimum Gasteiger partial charge on any atom is -0.469 e. The average molecular weight is 288 g/mol. The van der Waals surface area contributed by atoms with Crippen LogP contribution < -0.4 is 10.1 Å². The van der Waals surface area contributed by atoms with Crippen molar-refractivity contribution in [1.82, 2.24) is 9.97 Å². The van der Waals surface area contributed by atoms with E-state index in [1.807, 2.05) is 24.3 Å². The molecule has 0 aliphatic heterocycles. The van der Waals surface area contributed by atoms with Crippen LogP contribution in [0.3, 0.4) is 0 Å². The summed E-state index contributed by atoms with van der Waals surface area (Å²) in [4.78, 5) is 8.12. The number of fused-ring (bicyclic) bond motifs is 1. The molecule has 101 valence electrons. The largest absolute Gasteiger partial charge is 0.469 e. The second kappa shape index (κ2) is 5.42. The van der Waals surface area contributed by atoms with Crippen LogP contribution in [-0.2, 0) is 0 Å². The van der Waals surface area contributed by atoms with Gasteiger partial charge in [0.1, 0.15) is 11.6 Å². The quantitative estimate of drug-likeness (QED) is 0.747. The number of ether oxygens (including phenoxy) is 1. The van der Waals surface area contributed by atoms with Gasteiger partial charge in [0, 0.05) is 13.0 Å². The highest BCUT2D eigenvalue weighted by Gasteiger charge is 2.08. The molecular weight excluding hydrogens is 277 g/mol.